The first-order valence-electron chi connectivity index (χ1n) is 10.1. The van der Waals surface area contributed by atoms with Crippen LogP contribution in [-0.4, -0.2) is 35.8 Å². The Bertz CT molecular complexity index is 723. The van der Waals surface area contributed by atoms with Gasteiger partial charge in [-0.3, -0.25) is 9.59 Å². The van der Waals surface area contributed by atoms with Crippen LogP contribution in [0.25, 0.3) is 10.9 Å². The summed E-state index contributed by atoms with van der Waals surface area (Å²) in [7, 11) is 0. The lowest BCUT2D eigenvalue weighted by molar-refractivity contribution is -0.120. The van der Waals surface area contributed by atoms with E-state index in [1.54, 1.807) is 6.92 Å². The van der Waals surface area contributed by atoms with Gasteiger partial charge in [0.1, 0.15) is 5.78 Å². The number of aromatic amines is 1. The molecule has 0 saturated carbocycles. The normalized spacial score (nSPS) is 12.2. The zero-order chi connectivity index (χ0) is 19.5. The summed E-state index contributed by atoms with van der Waals surface area (Å²) in [5.74, 6) is 0.354. The highest BCUT2D eigenvalue weighted by molar-refractivity contribution is 5.83. The molecule has 0 bridgehead atoms. The van der Waals surface area contributed by atoms with Gasteiger partial charge in [-0.05, 0) is 37.4 Å². The fraction of sp³-hybridized carbons (Fsp3) is 0.545. The minimum atomic E-state index is 0.0135. The summed E-state index contributed by atoms with van der Waals surface area (Å²) < 4.78 is 0. The predicted molar refractivity (Wildman–Crippen MR) is 111 cm³/mol. The highest BCUT2D eigenvalue weighted by atomic mass is 16.1. The van der Waals surface area contributed by atoms with E-state index >= 15 is 0 Å². The summed E-state index contributed by atoms with van der Waals surface area (Å²) in [5, 5.41) is 7.80. The fourth-order valence-corrected chi connectivity index (χ4v) is 3.42. The second-order valence-electron chi connectivity index (χ2n) is 7.20. The Morgan fingerprint density at radius 2 is 1.96 bits per heavy atom. The molecule has 1 aromatic carbocycles. The van der Waals surface area contributed by atoms with Crippen molar-refractivity contribution in [1.82, 2.24) is 15.6 Å². The number of rotatable bonds is 13. The van der Waals surface area contributed by atoms with E-state index in [2.05, 4.69) is 40.0 Å². The molecule has 0 spiro atoms. The molecule has 0 fully saturated rings. The standard InChI is InChI=1S/C22H33N3O2/c1-3-20(27)10-6-4-5-9-19(25-17(2)26)16-23-14-13-18-15-24-22-12-8-7-11-21(18)22/h7-8,11-12,15,19,23-24H,3-6,9-10,13-14,16H2,1-2H3,(H,25,26). The molecule has 0 saturated heterocycles. The Morgan fingerprint density at radius 1 is 1.15 bits per heavy atom. The number of unbranched alkanes of at least 4 members (excludes halogenated alkanes) is 2. The molecule has 1 aromatic heterocycles. The second-order valence-corrected chi connectivity index (χ2v) is 7.20. The first-order valence-corrected chi connectivity index (χ1v) is 10.1. The number of hydrogen-bond donors (Lipinski definition) is 3. The number of aromatic nitrogens is 1. The lowest BCUT2D eigenvalue weighted by Gasteiger charge is -2.18. The molecule has 5 nitrogen and oxygen atoms in total. The third kappa shape index (κ3) is 7.55. The van der Waals surface area contributed by atoms with E-state index < -0.39 is 0 Å². The van der Waals surface area contributed by atoms with Crippen molar-refractivity contribution in [2.24, 2.45) is 0 Å². The van der Waals surface area contributed by atoms with Crippen LogP contribution in [0, 0.1) is 0 Å². The molecular weight excluding hydrogens is 338 g/mol. The number of carbonyl (C=O) groups is 2. The first kappa shape index (κ1) is 21.2. The van der Waals surface area contributed by atoms with Gasteiger partial charge in [-0.2, -0.15) is 0 Å². The number of Topliss-reactive ketones (excluding diaryl/α,β-unsaturated/α-hetero) is 1. The predicted octanol–water partition coefficient (Wildman–Crippen LogP) is 3.73. The summed E-state index contributed by atoms with van der Waals surface area (Å²) in [6.07, 6.45) is 8.32. The van der Waals surface area contributed by atoms with E-state index in [-0.39, 0.29) is 11.9 Å². The van der Waals surface area contributed by atoms with E-state index in [0.717, 1.165) is 45.2 Å². The highest BCUT2D eigenvalue weighted by Crippen LogP contribution is 2.17. The lowest BCUT2D eigenvalue weighted by atomic mass is 10.0. The molecule has 5 heteroatoms. The number of amides is 1. The zero-order valence-electron chi connectivity index (χ0n) is 16.6. The summed E-state index contributed by atoms with van der Waals surface area (Å²) in [5.41, 5.74) is 2.49. The van der Waals surface area contributed by atoms with Gasteiger partial charge in [-0.15, -0.1) is 0 Å². The third-order valence-electron chi connectivity index (χ3n) is 4.95. The molecule has 1 atom stereocenters. The fourth-order valence-electron chi connectivity index (χ4n) is 3.42. The minimum absolute atomic E-state index is 0.0135. The number of benzene rings is 1. The molecule has 0 aliphatic heterocycles. The van der Waals surface area contributed by atoms with Crippen LogP contribution < -0.4 is 10.6 Å². The largest absolute Gasteiger partial charge is 0.361 e. The Balaban J connectivity index is 1.69. The number of para-hydroxylation sites is 1. The molecule has 2 aromatic rings. The van der Waals surface area contributed by atoms with Gasteiger partial charge in [0.15, 0.2) is 0 Å². The van der Waals surface area contributed by atoms with Gasteiger partial charge in [-0.25, -0.2) is 0 Å². The number of nitrogens with one attached hydrogen (secondary N) is 3. The Labute approximate surface area is 162 Å². The van der Waals surface area contributed by atoms with Gasteiger partial charge in [0.2, 0.25) is 5.91 Å². The van der Waals surface area contributed by atoms with Crippen molar-refractivity contribution in [2.45, 2.75) is 64.8 Å². The highest BCUT2D eigenvalue weighted by Gasteiger charge is 2.10. The molecule has 2 rings (SSSR count). The van der Waals surface area contributed by atoms with Crippen molar-refractivity contribution in [3.8, 4) is 0 Å². The van der Waals surface area contributed by atoms with E-state index in [9.17, 15) is 9.59 Å². The lowest BCUT2D eigenvalue weighted by Crippen LogP contribution is -2.41. The molecule has 0 radical (unpaired) electrons. The van der Waals surface area contributed by atoms with Gasteiger partial charge in [-0.1, -0.05) is 38.0 Å². The molecule has 0 aliphatic carbocycles. The average molecular weight is 372 g/mol. The minimum Gasteiger partial charge on any atom is -0.361 e. The number of carbonyl (C=O) groups excluding carboxylic acids is 2. The molecule has 1 heterocycles. The molecular formula is C22H33N3O2. The summed E-state index contributed by atoms with van der Waals surface area (Å²) in [4.78, 5) is 26.1. The van der Waals surface area contributed by atoms with E-state index in [0.29, 0.717) is 18.6 Å². The maximum Gasteiger partial charge on any atom is 0.217 e. The Hall–Kier alpha value is -2.14. The molecule has 0 aliphatic rings. The summed E-state index contributed by atoms with van der Waals surface area (Å²) in [6.45, 7) is 5.13. The average Bonchev–Trinajstić information content (AvgIpc) is 3.07. The molecule has 3 N–H and O–H groups in total. The zero-order valence-corrected chi connectivity index (χ0v) is 16.6. The first-order chi connectivity index (χ1) is 13.1. The summed E-state index contributed by atoms with van der Waals surface area (Å²) >= 11 is 0. The topological polar surface area (TPSA) is 74.0 Å². The van der Waals surface area contributed by atoms with Crippen molar-refractivity contribution in [3.63, 3.8) is 0 Å². The SMILES string of the molecule is CCC(=O)CCCCCC(CNCCc1c[nH]c2ccccc12)NC(C)=O. The molecule has 148 valence electrons. The molecule has 1 amide bonds. The van der Waals surface area contributed by atoms with Gasteiger partial charge in [0, 0.05) is 49.5 Å². The Morgan fingerprint density at radius 3 is 2.74 bits per heavy atom. The summed E-state index contributed by atoms with van der Waals surface area (Å²) in [6, 6.07) is 8.48. The van der Waals surface area contributed by atoms with Gasteiger partial charge >= 0.3 is 0 Å². The third-order valence-corrected chi connectivity index (χ3v) is 4.95. The van der Waals surface area contributed by atoms with Crippen molar-refractivity contribution in [2.75, 3.05) is 13.1 Å². The smallest absolute Gasteiger partial charge is 0.217 e. The van der Waals surface area contributed by atoms with Crippen molar-refractivity contribution >= 4 is 22.6 Å². The van der Waals surface area contributed by atoms with E-state index in [1.807, 2.05) is 13.0 Å². The van der Waals surface area contributed by atoms with Crippen molar-refractivity contribution < 1.29 is 9.59 Å². The molecule has 27 heavy (non-hydrogen) atoms. The number of ketones is 1. The van der Waals surface area contributed by atoms with E-state index in [4.69, 9.17) is 0 Å². The number of H-pyrrole nitrogens is 1. The Kier molecular flexibility index (Phi) is 9.05. The van der Waals surface area contributed by atoms with Crippen molar-refractivity contribution in [1.29, 1.82) is 0 Å². The maximum absolute atomic E-state index is 11.4. The monoisotopic (exact) mass is 371 g/mol. The van der Waals surface area contributed by atoms with Crippen LogP contribution in [0.3, 0.4) is 0 Å². The number of fused-ring (bicyclic) bond motifs is 1. The van der Waals surface area contributed by atoms with Crippen LogP contribution in [-0.2, 0) is 16.0 Å². The van der Waals surface area contributed by atoms with Crippen LogP contribution in [0.4, 0.5) is 0 Å². The van der Waals surface area contributed by atoms with Crippen molar-refractivity contribution in [3.05, 3.63) is 36.0 Å². The van der Waals surface area contributed by atoms with Crippen LogP contribution in [0.1, 0.15) is 57.9 Å². The van der Waals surface area contributed by atoms with Crippen LogP contribution in [0.5, 0.6) is 0 Å². The van der Waals surface area contributed by atoms with E-state index in [1.165, 1.54) is 16.5 Å². The van der Waals surface area contributed by atoms with Gasteiger partial charge < -0.3 is 15.6 Å². The molecule has 1 unspecified atom stereocenters. The van der Waals surface area contributed by atoms with Crippen LogP contribution in [0.15, 0.2) is 30.5 Å². The van der Waals surface area contributed by atoms with Gasteiger partial charge in [0.05, 0.1) is 0 Å². The second kappa shape index (κ2) is 11.5. The number of hydrogen-bond acceptors (Lipinski definition) is 3. The maximum atomic E-state index is 11.4. The van der Waals surface area contributed by atoms with Crippen LogP contribution >= 0.6 is 0 Å². The van der Waals surface area contributed by atoms with Gasteiger partial charge in [0.25, 0.3) is 0 Å². The quantitative estimate of drug-likeness (QED) is 0.470. The van der Waals surface area contributed by atoms with Crippen LogP contribution in [0.2, 0.25) is 0 Å².